The van der Waals surface area contributed by atoms with Crippen molar-refractivity contribution < 1.29 is 19.4 Å². The highest BCUT2D eigenvalue weighted by Gasteiger charge is 2.39. The second-order valence-electron chi connectivity index (χ2n) is 5.34. The van der Waals surface area contributed by atoms with Gasteiger partial charge in [-0.1, -0.05) is 60.7 Å². The maximum atomic E-state index is 9.95. The summed E-state index contributed by atoms with van der Waals surface area (Å²) in [6.07, 6.45) is 0. The third-order valence-electron chi connectivity index (χ3n) is 3.81. The van der Waals surface area contributed by atoms with Crippen LogP contribution in [0.3, 0.4) is 0 Å². The molecule has 3 N–H and O–H groups in total. The molecule has 0 fully saturated rings. The summed E-state index contributed by atoms with van der Waals surface area (Å²) in [5.41, 5.74) is 2.90. The fourth-order valence-corrected chi connectivity index (χ4v) is 3.60. The lowest BCUT2D eigenvalue weighted by atomic mass is 9.93. The van der Waals surface area contributed by atoms with Gasteiger partial charge in [0.15, 0.2) is 5.30 Å². The molecule has 0 aliphatic rings. The van der Waals surface area contributed by atoms with Gasteiger partial charge in [0.25, 0.3) is 0 Å². The summed E-state index contributed by atoms with van der Waals surface area (Å²) in [6.45, 7) is 0. The van der Waals surface area contributed by atoms with E-state index in [-0.39, 0.29) is 5.30 Å². The molecule has 5 heteroatoms. The normalized spacial score (nSPS) is 11.3. The second kappa shape index (κ2) is 6.71. The van der Waals surface area contributed by atoms with Gasteiger partial charge in [0, 0.05) is 11.1 Å². The third-order valence-corrected chi connectivity index (χ3v) is 4.83. The van der Waals surface area contributed by atoms with Gasteiger partial charge in [0.2, 0.25) is 0 Å². The number of hydrogen-bond acceptors (Lipinski definition) is 4. The maximum absolute atomic E-state index is 9.95. The summed E-state index contributed by atoms with van der Waals surface area (Å²) in [6, 6.07) is 22.0. The molecule has 4 nitrogen and oxygen atoms in total. The summed E-state index contributed by atoms with van der Waals surface area (Å²) in [7, 11) is -2.64. The number of benzene rings is 3. The largest absolute Gasteiger partial charge is 0.496 e. The zero-order valence-corrected chi connectivity index (χ0v) is 14.0. The van der Waals surface area contributed by atoms with Crippen LogP contribution in [-0.2, 0) is 0 Å². The molecule has 0 atom stereocenters. The molecule has 122 valence electrons. The molecule has 0 heterocycles. The highest BCUT2D eigenvalue weighted by Crippen LogP contribution is 2.50. The fraction of sp³-hybridized carbons (Fsp3) is 0.0526. The number of rotatable bonds is 4. The Labute approximate surface area is 141 Å². The van der Waals surface area contributed by atoms with Crippen LogP contribution in [0.25, 0.3) is 22.3 Å². The van der Waals surface area contributed by atoms with Crippen molar-refractivity contribution in [2.24, 2.45) is 0 Å². The van der Waals surface area contributed by atoms with E-state index in [4.69, 9.17) is 4.74 Å². The Morgan fingerprint density at radius 1 is 0.667 bits per heavy atom. The average Bonchev–Trinajstić information content (AvgIpc) is 2.61. The molecule has 0 amide bonds. The van der Waals surface area contributed by atoms with Crippen LogP contribution in [0.5, 0.6) is 5.75 Å². The molecule has 0 bridgehead atoms. The molecular weight excluding hydrogens is 323 g/mol. The van der Waals surface area contributed by atoms with E-state index in [1.165, 1.54) is 6.07 Å². The van der Waals surface area contributed by atoms with E-state index in [1.807, 2.05) is 60.7 Å². The SMILES string of the molecule is COc1ccc([P+](O)(O)O)c(-c2ccccc2)c1-c1ccccc1. The summed E-state index contributed by atoms with van der Waals surface area (Å²) in [5.74, 6) is 0.595. The Morgan fingerprint density at radius 3 is 1.62 bits per heavy atom. The van der Waals surface area contributed by atoms with E-state index in [0.29, 0.717) is 16.9 Å². The zero-order chi connectivity index (χ0) is 17.2. The highest BCUT2D eigenvalue weighted by atomic mass is 31.2. The zero-order valence-electron chi connectivity index (χ0n) is 13.1. The first-order valence-corrected chi connectivity index (χ1v) is 9.07. The minimum atomic E-state index is -4.20. The van der Waals surface area contributed by atoms with Crippen LogP contribution in [0.2, 0.25) is 0 Å². The van der Waals surface area contributed by atoms with Gasteiger partial charge in [-0.15, -0.1) is 0 Å². The average molecular weight is 341 g/mol. The summed E-state index contributed by atoms with van der Waals surface area (Å²) < 4.78 is 5.50. The highest BCUT2D eigenvalue weighted by molar-refractivity contribution is 7.67. The van der Waals surface area contributed by atoms with Crippen molar-refractivity contribution in [2.45, 2.75) is 0 Å². The summed E-state index contributed by atoms with van der Waals surface area (Å²) >= 11 is 0. The van der Waals surface area contributed by atoms with Crippen LogP contribution in [0.1, 0.15) is 0 Å². The lowest BCUT2D eigenvalue weighted by molar-refractivity contribution is 0.347. The van der Waals surface area contributed by atoms with Gasteiger partial charge in [-0.25, -0.2) is 0 Å². The minimum Gasteiger partial charge on any atom is -0.496 e. The van der Waals surface area contributed by atoms with Crippen molar-refractivity contribution in [2.75, 3.05) is 7.11 Å². The molecule has 3 rings (SSSR count). The Hall–Kier alpha value is -2.23. The molecule has 3 aromatic rings. The number of hydrogen-bond donors (Lipinski definition) is 3. The molecule has 0 aromatic heterocycles. The van der Waals surface area contributed by atoms with Crippen LogP contribution in [0.15, 0.2) is 72.8 Å². The molecule has 0 unspecified atom stereocenters. The molecule has 0 spiro atoms. The van der Waals surface area contributed by atoms with Gasteiger partial charge in [-0.05, 0) is 23.3 Å². The van der Waals surface area contributed by atoms with Gasteiger partial charge in [0.05, 0.1) is 7.11 Å². The first-order chi connectivity index (χ1) is 11.5. The van der Waals surface area contributed by atoms with Crippen LogP contribution >= 0.6 is 7.94 Å². The van der Waals surface area contributed by atoms with E-state index in [0.717, 1.165) is 11.1 Å². The van der Waals surface area contributed by atoms with E-state index in [9.17, 15) is 14.7 Å². The van der Waals surface area contributed by atoms with Gasteiger partial charge in [0.1, 0.15) is 5.75 Å². The molecule has 24 heavy (non-hydrogen) atoms. The molecule has 0 aliphatic carbocycles. The standard InChI is InChI=1S/C19H18O4P/c1-23-16-12-13-17(24(20,21)22)19(15-10-6-3-7-11-15)18(16)14-8-4-2-5-9-14/h2-13,20-22H,1H3/q+1. The predicted molar refractivity (Wildman–Crippen MR) is 97.1 cm³/mol. The number of methoxy groups -OCH3 is 1. The van der Waals surface area contributed by atoms with Crippen LogP contribution in [0, 0.1) is 0 Å². The maximum Gasteiger partial charge on any atom is 0.441 e. The van der Waals surface area contributed by atoms with E-state index in [2.05, 4.69) is 0 Å². The van der Waals surface area contributed by atoms with Crippen molar-refractivity contribution in [1.29, 1.82) is 0 Å². The summed E-state index contributed by atoms with van der Waals surface area (Å²) in [5, 5.41) is 0.105. The lowest BCUT2D eigenvalue weighted by Gasteiger charge is -2.18. The molecule has 0 radical (unpaired) electrons. The first kappa shape index (κ1) is 16.6. The lowest BCUT2D eigenvalue weighted by Crippen LogP contribution is -2.14. The van der Waals surface area contributed by atoms with Gasteiger partial charge in [-0.2, -0.15) is 14.7 Å². The van der Waals surface area contributed by atoms with Crippen LogP contribution in [-0.4, -0.2) is 21.8 Å². The summed E-state index contributed by atoms with van der Waals surface area (Å²) in [4.78, 5) is 29.8. The first-order valence-electron chi connectivity index (χ1n) is 7.42. The van der Waals surface area contributed by atoms with Crippen molar-refractivity contribution >= 4 is 13.2 Å². The molecule has 0 saturated carbocycles. The Morgan fingerprint density at radius 2 is 1.17 bits per heavy atom. The van der Waals surface area contributed by atoms with Crippen LogP contribution < -0.4 is 10.0 Å². The smallest absolute Gasteiger partial charge is 0.441 e. The predicted octanol–water partition coefficient (Wildman–Crippen LogP) is 3.39. The van der Waals surface area contributed by atoms with Crippen LogP contribution in [0.4, 0.5) is 0 Å². The number of ether oxygens (including phenoxy) is 1. The van der Waals surface area contributed by atoms with Crippen molar-refractivity contribution in [3.05, 3.63) is 72.8 Å². The van der Waals surface area contributed by atoms with E-state index >= 15 is 0 Å². The van der Waals surface area contributed by atoms with E-state index in [1.54, 1.807) is 13.2 Å². The van der Waals surface area contributed by atoms with Crippen molar-refractivity contribution in [1.82, 2.24) is 0 Å². The quantitative estimate of drug-likeness (QED) is 0.636. The topological polar surface area (TPSA) is 69.9 Å². The third kappa shape index (κ3) is 3.18. The van der Waals surface area contributed by atoms with Gasteiger partial charge in [-0.3, -0.25) is 0 Å². The van der Waals surface area contributed by atoms with Gasteiger partial charge < -0.3 is 4.74 Å². The van der Waals surface area contributed by atoms with Crippen molar-refractivity contribution in [3.8, 4) is 28.0 Å². The monoisotopic (exact) mass is 341 g/mol. The Bertz CT molecular complexity index is 827. The molecule has 3 aromatic carbocycles. The van der Waals surface area contributed by atoms with Crippen molar-refractivity contribution in [3.63, 3.8) is 0 Å². The second-order valence-corrected chi connectivity index (χ2v) is 6.96. The van der Waals surface area contributed by atoms with Gasteiger partial charge >= 0.3 is 7.94 Å². The fourth-order valence-electron chi connectivity index (χ4n) is 2.78. The molecule has 0 saturated heterocycles. The molecular formula is C19H18O4P+. The van der Waals surface area contributed by atoms with E-state index < -0.39 is 7.94 Å². The Balaban J connectivity index is 2.41. The minimum absolute atomic E-state index is 0.105. The Kier molecular flexibility index (Phi) is 4.65. The molecule has 0 aliphatic heterocycles.